The van der Waals surface area contributed by atoms with Crippen molar-refractivity contribution < 1.29 is 0 Å². The quantitative estimate of drug-likeness (QED) is 0.765. The minimum atomic E-state index is 0.845. The first kappa shape index (κ1) is 11.1. The third-order valence-electron chi connectivity index (χ3n) is 5.29. The molecule has 3 aliphatic rings. The minimum Gasteiger partial charge on any atom is -0.311 e. The van der Waals surface area contributed by atoms with Crippen LogP contribution in [0.3, 0.4) is 0 Å². The number of hydrogen-bond donors (Lipinski definition) is 1. The fourth-order valence-electron chi connectivity index (χ4n) is 3.54. The highest BCUT2D eigenvalue weighted by atomic mass is 15.0. The lowest BCUT2D eigenvalue weighted by molar-refractivity contribution is 0.204. The number of rotatable bonds is 4. The van der Waals surface area contributed by atoms with Crippen molar-refractivity contribution in [1.29, 1.82) is 0 Å². The molecule has 3 atom stereocenters. The molecule has 1 nitrogen and oxygen atoms in total. The van der Waals surface area contributed by atoms with Gasteiger partial charge in [0.2, 0.25) is 0 Å². The molecular formula is C15H27N. The Morgan fingerprint density at radius 2 is 1.44 bits per heavy atom. The van der Waals surface area contributed by atoms with Gasteiger partial charge in [-0.25, -0.2) is 0 Å². The maximum absolute atomic E-state index is 4.03. The molecule has 3 rings (SSSR count). The van der Waals surface area contributed by atoms with Gasteiger partial charge in [0.05, 0.1) is 0 Å². The highest BCUT2D eigenvalue weighted by molar-refractivity contribution is 4.98. The van der Waals surface area contributed by atoms with Crippen LogP contribution in [0.4, 0.5) is 0 Å². The molecule has 0 aromatic rings. The molecule has 0 saturated heterocycles. The predicted molar refractivity (Wildman–Crippen MR) is 68.3 cm³/mol. The molecule has 0 aromatic heterocycles. The van der Waals surface area contributed by atoms with Gasteiger partial charge >= 0.3 is 0 Å². The summed E-state index contributed by atoms with van der Waals surface area (Å²) in [4.78, 5) is 0. The Bertz CT molecular complexity index is 230. The monoisotopic (exact) mass is 221 g/mol. The second-order valence-corrected chi connectivity index (χ2v) is 6.83. The van der Waals surface area contributed by atoms with Crippen LogP contribution in [0.5, 0.6) is 0 Å². The van der Waals surface area contributed by atoms with Gasteiger partial charge in [-0.05, 0) is 68.6 Å². The van der Waals surface area contributed by atoms with Crippen molar-refractivity contribution in [3.63, 3.8) is 0 Å². The number of hydrogen-bond acceptors (Lipinski definition) is 1. The summed E-state index contributed by atoms with van der Waals surface area (Å²) >= 11 is 0. The molecule has 0 amide bonds. The van der Waals surface area contributed by atoms with Crippen LogP contribution in [0.2, 0.25) is 0 Å². The third-order valence-corrected chi connectivity index (χ3v) is 5.29. The van der Waals surface area contributed by atoms with E-state index in [1.54, 1.807) is 0 Å². The molecule has 3 saturated carbocycles. The van der Waals surface area contributed by atoms with Crippen molar-refractivity contribution >= 4 is 0 Å². The Morgan fingerprint density at radius 1 is 0.812 bits per heavy atom. The fourth-order valence-corrected chi connectivity index (χ4v) is 3.54. The molecule has 3 unspecified atom stereocenters. The Balaban J connectivity index is 1.52. The third kappa shape index (κ3) is 2.45. The summed E-state index contributed by atoms with van der Waals surface area (Å²) in [5.74, 6) is 4.01. The summed E-state index contributed by atoms with van der Waals surface area (Å²) in [5, 5.41) is 4.03. The maximum atomic E-state index is 4.03. The van der Waals surface area contributed by atoms with Crippen molar-refractivity contribution in [3.8, 4) is 0 Å². The van der Waals surface area contributed by atoms with Crippen LogP contribution < -0.4 is 5.32 Å². The highest BCUT2D eigenvalue weighted by Crippen LogP contribution is 2.45. The van der Waals surface area contributed by atoms with E-state index in [0.29, 0.717) is 0 Å². The van der Waals surface area contributed by atoms with Crippen molar-refractivity contribution in [3.05, 3.63) is 0 Å². The molecule has 0 heterocycles. The molecule has 1 N–H and O–H groups in total. The van der Waals surface area contributed by atoms with Gasteiger partial charge in [-0.15, -0.1) is 0 Å². The molecule has 0 aliphatic heterocycles. The molecule has 0 bridgehead atoms. The summed E-state index contributed by atoms with van der Waals surface area (Å²) in [5.41, 5.74) is 0. The van der Waals surface area contributed by atoms with E-state index in [2.05, 4.69) is 19.2 Å². The van der Waals surface area contributed by atoms with Crippen molar-refractivity contribution in [2.24, 2.45) is 23.7 Å². The van der Waals surface area contributed by atoms with Crippen LogP contribution in [0.1, 0.15) is 58.8 Å². The molecule has 0 spiro atoms. The topological polar surface area (TPSA) is 12.0 Å². The predicted octanol–water partition coefficient (Wildman–Crippen LogP) is 3.59. The molecule has 3 aliphatic carbocycles. The Labute approximate surface area is 100 Å². The van der Waals surface area contributed by atoms with Gasteiger partial charge in [-0.3, -0.25) is 0 Å². The standard InChI is InChI=1S/C15H27N/c1-10-3-8-14(9-11(10)2)16-15(12-4-5-12)13-6-7-13/h10-16H,3-9H2,1-2H3. The van der Waals surface area contributed by atoms with E-state index >= 15 is 0 Å². The smallest absolute Gasteiger partial charge is 0.0126 e. The molecule has 92 valence electrons. The van der Waals surface area contributed by atoms with Crippen LogP contribution in [0.15, 0.2) is 0 Å². The molecule has 0 radical (unpaired) electrons. The van der Waals surface area contributed by atoms with E-state index in [1.165, 1.54) is 44.9 Å². The van der Waals surface area contributed by atoms with E-state index in [0.717, 1.165) is 35.8 Å². The maximum Gasteiger partial charge on any atom is 0.0126 e. The normalized spacial score (nSPS) is 40.3. The summed E-state index contributed by atoms with van der Waals surface area (Å²) < 4.78 is 0. The van der Waals surface area contributed by atoms with Crippen molar-refractivity contribution in [1.82, 2.24) is 5.32 Å². The van der Waals surface area contributed by atoms with E-state index in [-0.39, 0.29) is 0 Å². The van der Waals surface area contributed by atoms with Gasteiger partial charge in [-0.1, -0.05) is 13.8 Å². The Hall–Kier alpha value is -0.0400. The van der Waals surface area contributed by atoms with E-state index in [4.69, 9.17) is 0 Å². The van der Waals surface area contributed by atoms with E-state index in [9.17, 15) is 0 Å². The second kappa shape index (κ2) is 4.33. The van der Waals surface area contributed by atoms with Crippen LogP contribution >= 0.6 is 0 Å². The Kier molecular flexibility index (Phi) is 2.99. The van der Waals surface area contributed by atoms with E-state index in [1.807, 2.05) is 0 Å². The average Bonchev–Trinajstić information content (AvgIpc) is 3.14. The summed E-state index contributed by atoms with van der Waals surface area (Å²) in [7, 11) is 0. The van der Waals surface area contributed by atoms with Crippen molar-refractivity contribution in [2.75, 3.05) is 0 Å². The zero-order valence-electron chi connectivity index (χ0n) is 10.9. The van der Waals surface area contributed by atoms with Gasteiger partial charge in [-0.2, -0.15) is 0 Å². The minimum absolute atomic E-state index is 0.845. The van der Waals surface area contributed by atoms with Gasteiger partial charge < -0.3 is 5.32 Å². The fraction of sp³-hybridized carbons (Fsp3) is 1.00. The first-order valence-electron chi connectivity index (χ1n) is 7.50. The summed E-state index contributed by atoms with van der Waals surface area (Å²) in [6, 6.07) is 1.75. The average molecular weight is 221 g/mol. The lowest BCUT2D eigenvalue weighted by Gasteiger charge is -2.35. The van der Waals surface area contributed by atoms with Crippen LogP contribution in [0, 0.1) is 23.7 Å². The molecule has 16 heavy (non-hydrogen) atoms. The van der Waals surface area contributed by atoms with Crippen LogP contribution in [-0.2, 0) is 0 Å². The molecule has 1 heteroatoms. The number of nitrogens with one attached hydrogen (secondary N) is 1. The van der Waals surface area contributed by atoms with E-state index < -0.39 is 0 Å². The van der Waals surface area contributed by atoms with Crippen LogP contribution in [0.25, 0.3) is 0 Å². The first-order chi connectivity index (χ1) is 7.74. The lowest BCUT2D eigenvalue weighted by Crippen LogP contribution is -2.44. The van der Waals surface area contributed by atoms with Gasteiger partial charge in [0, 0.05) is 12.1 Å². The summed E-state index contributed by atoms with van der Waals surface area (Å²) in [6.45, 7) is 4.88. The first-order valence-corrected chi connectivity index (χ1v) is 7.50. The SMILES string of the molecule is CC1CCC(NC(C2CC2)C2CC2)CC1C. The molecule has 0 aromatic carbocycles. The zero-order chi connectivity index (χ0) is 11.1. The van der Waals surface area contributed by atoms with Gasteiger partial charge in [0.15, 0.2) is 0 Å². The Morgan fingerprint density at radius 3 is 1.94 bits per heavy atom. The zero-order valence-corrected chi connectivity index (χ0v) is 10.9. The second-order valence-electron chi connectivity index (χ2n) is 6.83. The lowest BCUT2D eigenvalue weighted by atomic mass is 9.79. The largest absolute Gasteiger partial charge is 0.311 e. The van der Waals surface area contributed by atoms with Gasteiger partial charge in [0.25, 0.3) is 0 Å². The molecule has 3 fully saturated rings. The van der Waals surface area contributed by atoms with Crippen molar-refractivity contribution in [2.45, 2.75) is 70.9 Å². The van der Waals surface area contributed by atoms with Crippen LogP contribution in [-0.4, -0.2) is 12.1 Å². The van der Waals surface area contributed by atoms with Gasteiger partial charge in [0.1, 0.15) is 0 Å². The highest BCUT2D eigenvalue weighted by Gasteiger charge is 2.42. The summed E-state index contributed by atoms with van der Waals surface area (Å²) in [6.07, 6.45) is 10.3. The molecular weight excluding hydrogens is 194 g/mol.